The molecule has 2 amide bonds. The van der Waals surface area contributed by atoms with Gasteiger partial charge in [-0.25, -0.2) is 4.98 Å². The SMILES string of the molecule is CCn1nc(C)cc1C(=O)Nc1nc2ncc(C(N)=O)cc2[nH]1.Cl. The minimum Gasteiger partial charge on any atom is -0.366 e. The highest BCUT2D eigenvalue weighted by atomic mass is 35.5. The molecule has 0 aliphatic rings. The zero-order valence-corrected chi connectivity index (χ0v) is 13.8. The summed E-state index contributed by atoms with van der Waals surface area (Å²) in [7, 11) is 0. The van der Waals surface area contributed by atoms with Gasteiger partial charge in [0.25, 0.3) is 5.91 Å². The van der Waals surface area contributed by atoms with E-state index in [-0.39, 0.29) is 29.8 Å². The molecule has 3 aromatic rings. The monoisotopic (exact) mass is 349 g/mol. The van der Waals surface area contributed by atoms with Crippen LogP contribution in [-0.4, -0.2) is 36.5 Å². The molecule has 0 saturated carbocycles. The number of anilines is 1. The van der Waals surface area contributed by atoms with Crippen LogP contribution in [-0.2, 0) is 6.54 Å². The molecule has 0 aliphatic carbocycles. The number of nitrogens with zero attached hydrogens (tertiary/aromatic N) is 4. The average molecular weight is 350 g/mol. The van der Waals surface area contributed by atoms with Crippen molar-refractivity contribution < 1.29 is 9.59 Å². The summed E-state index contributed by atoms with van der Waals surface area (Å²) >= 11 is 0. The van der Waals surface area contributed by atoms with Crippen LogP contribution in [0, 0.1) is 6.92 Å². The second-order valence-electron chi connectivity index (χ2n) is 4.99. The van der Waals surface area contributed by atoms with E-state index in [1.54, 1.807) is 10.7 Å². The van der Waals surface area contributed by atoms with Gasteiger partial charge in [-0.05, 0) is 26.0 Å². The molecule has 126 valence electrons. The lowest BCUT2D eigenvalue weighted by atomic mass is 10.2. The summed E-state index contributed by atoms with van der Waals surface area (Å²) in [5.74, 6) is -0.677. The van der Waals surface area contributed by atoms with E-state index < -0.39 is 5.91 Å². The lowest BCUT2D eigenvalue weighted by Crippen LogP contribution is -2.18. The summed E-state index contributed by atoms with van der Waals surface area (Å²) in [6.45, 7) is 4.30. The summed E-state index contributed by atoms with van der Waals surface area (Å²) in [5, 5.41) is 6.89. The Bertz CT molecular complexity index is 915. The Labute approximate surface area is 143 Å². The third-order valence-corrected chi connectivity index (χ3v) is 3.29. The summed E-state index contributed by atoms with van der Waals surface area (Å²) in [5.41, 5.74) is 7.56. The predicted octanol–water partition coefficient (Wildman–Crippen LogP) is 1.26. The molecule has 3 heterocycles. The molecule has 0 spiro atoms. The fourth-order valence-electron chi connectivity index (χ4n) is 2.23. The van der Waals surface area contributed by atoms with E-state index in [4.69, 9.17) is 5.73 Å². The van der Waals surface area contributed by atoms with E-state index >= 15 is 0 Å². The molecule has 0 aromatic carbocycles. The number of hydrogen-bond donors (Lipinski definition) is 3. The number of halogens is 1. The molecule has 24 heavy (non-hydrogen) atoms. The number of carbonyl (C=O) groups excluding carboxylic acids is 2. The van der Waals surface area contributed by atoms with Crippen molar-refractivity contribution >= 4 is 41.3 Å². The number of primary amides is 1. The zero-order chi connectivity index (χ0) is 16.6. The Morgan fingerprint density at radius 1 is 1.38 bits per heavy atom. The van der Waals surface area contributed by atoms with Crippen LogP contribution >= 0.6 is 12.4 Å². The molecule has 0 saturated heterocycles. The maximum Gasteiger partial charge on any atom is 0.276 e. The number of carbonyl (C=O) groups is 2. The number of aryl methyl sites for hydroxylation is 2. The summed E-state index contributed by atoms with van der Waals surface area (Å²) < 4.78 is 1.61. The van der Waals surface area contributed by atoms with Crippen LogP contribution in [0.4, 0.5) is 5.95 Å². The van der Waals surface area contributed by atoms with Crippen molar-refractivity contribution in [1.29, 1.82) is 0 Å². The van der Waals surface area contributed by atoms with E-state index in [9.17, 15) is 9.59 Å². The summed E-state index contributed by atoms with van der Waals surface area (Å²) in [6.07, 6.45) is 1.34. The van der Waals surface area contributed by atoms with Crippen molar-refractivity contribution in [3.63, 3.8) is 0 Å². The summed E-state index contributed by atoms with van der Waals surface area (Å²) in [6, 6.07) is 3.23. The topological polar surface area (TPSA) is 132 Å². The van der Waals surface area contributed by atoms with Gasteiger partial charge < -0.3 is 10.7 Å². The van der Waals surface area contributed by atoms with Crippen LogP contribution in [0.5, 0.6) is 0 Å². The average Bonchev–Trinajstić information content (AvgIpc) is 3.08. The third kappa shape index (κ3) is 3.20. The molecule has 3 rings (SSSR count). The Morgan fingerprint density at radius 2 is 2.12 bits per heavy atom. The van der Waals surface area contributed by atoms with Gasteiger partial charge in [-0.3, -0.25) is 19.6 Å². The molecule has 0 aliphatic heterocycles. The molecule has 3 aromatic heterocycles. The highest BCUT2D eigenvalue weighted by Crippen LogP contribution is 2.14. The van der Waals surface area contributed by atoms with Gasteiger partial charge in [0.1, 0.15) is 5.69 Å². The van der Waals surface area contributed by atoms with Crippen LogP contribution < -0.4 is 11.1 Å². The van der Waals surface area contributed by atoms with Crippen LogP contribution in [0.1, 0.15) is 33.5 Å². The minimum absolute atomic E-state index is 0. The van der Waals surface area contributed by atoms with Crippen LogP contribution in [0.3, 0.4) is 0 Å². The van der Waals surface area contributed by atoms with Crippen molar-refractivity contribution in [2.24, 2.45) is 5.73 Å². The molecule has 4 N–H and O–H groups in total. The Morgan fingerprint density at radius 3 is 2.79 bits per heavy atom. The van der Waals surface area contributed by atoms with Crippen molar-refractivity contribution in [3.8, 4) is 0 Å². The lowest BCUT2D eigenvalue weighted by molar-refractivity contribution is 0.0995. The number of H-pyrrole nitrogens is 1. The van der Waals surface area contributed by atoms with Gasteiger partial charge in [0.05, 0.1) is 16.8 Å². The first-order chi connectivity index (χ1) is 11.0. The second-order valence-corrected chi connectivity index (χ2v) is 4.99. The maximum atomic E-state index is 12.3. The highest BCUT2D eigenvalue weighted by molar-refractivity contribution is 6.03. The Balaban J connectivity index is 0.00000208. The smallest absolute Gasteiger partial charge is 0.276 e. The molecule has 10 heteroatoms. The van der Waals surface area contributed by atoms with Gasteiger partial charge in [0, 0.05) is 12.7 Å². The van der Waals surface area contributed by atoms with E-state index in [2.05, 4.69) is 25.4 Å². The van der Waals surface area contributed by atoms with E-state index in [1.807, 2.05) is 13.8 Å². The standard InChI is InChI=1S/C14H15N7O2.ClH/c1-3-21-10(4-7(2)20-21)13(23)19-14-17-9-5-8(11(15)22)6-16-12(9)18-14;/h4-6H,3H2,1-2H3,(H2,15,22)(H2,16,17,18,19,23);1H. The molecule has 0 unspecified atom stereocenters. The third-order valence-electron chi connectivity index (χ3n) is 3.29. The van der Waals surface area contributed by atoms with Gasteiger partial charge in [0.2, 0.25) is 11.9 Å². The van der Waals surface area contributed by atoms with Crippen LogP contribution in [0.25, 0.3) is 11.2 Å². The van der Waals surface area contributed by atoms with Gasteiger partial charge in [-0.2, -0.15) is 10.1 Å². The van der Waals surface area contributed by atoms with Crippen molar-refractivity contribution in [1.82, 2.24) is 24.7 Å². The van der Waals surface area contributed by atoms with Crippen LogP contribution in [0.15, 0.2) is 18.3 Å². The quantitative estimate of drug-likeness (QED) is 0.652. The Hall–Kier alpha value is -2.94. The fraction of sp³-hybridized carbons (Fsp3) is 0.214. The number of nitrogens with one attached hydrogen (secondary N) is 2. The summed E-state index contributed by atoms with van der Waals surface area (Å²) in [4.78, 5) is 34.6. The Kier molecular flexibility index (Phi) is 4.84. The van der Waals surface area contributed by atoms with E-state index in [0.717, 1.165) is 5.69 Å². The number of rotatable bonds is 4. The molecule has 0 bridgehead atoms. The maximum absolute atomic E-state index is 12.3. The normalized spacial score (nSPS) is 10.4. The number of amides is 2. The first-order valence-corrected chi connectivity index (χ1v) is 6.99. The van der Waals surface area contributed by atoms with Gasteiger partial charge >= 0.3 is 0 Å². The fourth-order valence-corrected chi connectivity index (χ4v) is 2.23. The minimum atomic E-state index is -0.582. The van der Waals surface area contributed by atoms with Gasteiger partial charge in [-0.15, -0.1) is 12.4 Å². The number of aromatic nitrogens is 5. The number of fused-ring (bicyclic) bond motifs is 1. The highest BCUT2D eigenvalue weighted by Gasteiger charge is 2.15. The van der Waals surface area contributed by atoms with Crippen LogP contribution in [0.2, 0.25) is 0 Å². The molecule has 0 atom stereocenters. The molecular formula is C14H16ClN7O2. The molecule has 9 nitrogen and oxygen atoms in total. The molecular weight excluding hydrogens is 334 g/mol. The first-order valence-electron chi connectivity index (χ1n) is 6.99. The number of pyridine rings is 1. The predicted molar refractivity (Wildman–Crippen MR) is 90.2 cm³/mol. The molecule has 0 fully saturated rings. The lowest BCUT2D eigenvalue weighted by Gasteiger charge is -2.03. The van der Waals surface area contributed by atoms with Crippen molar-refractivity contribution in [2.45, 2.75) is 20.4 Å². The number of aromatic amines is 1. The van der Waals surface area contributed by atoms with E-state index in [0.29, 0.717) is 23.4 Å². The number of nitrogens with two attached hydrogens (primary N) is 1. The van der Waals surface area contributed by atoms with Gasteiger partial charge in [-0.1, -0.05) is 0 Å². The molecule has 0 radical (unpaired) electrons. The number of imidazole rings is 1. The zero-order valence-electron chi connectivity index (χ0n) is 13.0. The van der Waals surface area contributed by atoms with E-state index in [1.165, 1.54) is 12.3 Å². The second kappa shape index (κ2) is 6.67. The van der Waals surface area contributed by atoms with Gasteiger partial charge in [0.15, 0.2) is 5.65 Å². The van der Waals surface area contributed by atoms with Crippen molar-refractivity contribution in [2.75, 3.05) is 5.32 Å². The number of hydrogen-bond acceptors (Lipinski definition) is 5. The first kappa shape index (κ1) is 17.4. The largest absolute Gasteiger partial charge is 0.366 e. The van der Waals surface area contributed by atoms with Crippen molar-refractivity contribution in [3.05, 3.63) is 35.3 Å².